The fourth-order valence-corrected chi connectivity index (χ4v) is 7.22. The summed E-state index contributed by atoms with van der Waals surface area (Å²) in [4.78, 5) is 30.3. The Balaban J connectivity index is 1.61. The quantitative estimate of drug-likeness (QED) is 0.278. The molecule has 3 N–H and O–H groups in total. The Morgan fingerprint density at radius 2 is 1.87 bits per heavy atom. The molecule has 0 saturated heterocycles. The molecule has 14 heteroatoms. The molecule has 1 aliphatic heterocycles. The first kappa shape index (κ1) is 36.1. The van der Waals surface area contributed by atoms with Crippen molar-refractivity contribution < 1.29 is 37.0 Å². The number of thiophene rings is 1. The number of urea groups is 1. The van der Waals surface area contributed by atoms with E-state index in [-0.39, 0.29) is 47.2 Å². The predicted molar refractivity (Wildman–Crippen MR) is 180 cm³/mol. The van der Waals surface area contributed by atoms with Crippen LogP contribution < -0.4 is 14.8 Å². The molecule has 1 aromatic heterocycles. The second-order valence-electron chi connectivity index (χ2n) is 11.9. The maximum Gasteiger partial charge on any atom is 0.321 e. The lowest BCUT2D eigenvalue weighted by molar-refractivity contribution is -0.0115. The lowest BCUT2D eigenvalue weighted by Crippen LogP contribution is -2.48. The van der Waals surface area contributed by atoms with Crippen LogP contribution in [0.2, 0.25) is 0 Å². The van der Waals surface area contributed by atoms with Gasteiger partial charge in [0.05, 0.1) is 30.4 Å². The summed E-state index contributed by atoms with van der Waals surface area (Å²) in [5.74, 6) is -0.836. The zero-order valence-electron chi connectivity index (χ0n) is 27.0. The van der Waals surface area contributed by atoms with E-state index >= 15 is 0 Å². The number of carbonyl (C=O) groups is 2. The lowest BCUT2D eigenvalue weighted by Gasteiger charge is -2.35. The van der Waals surface area contributed by atoms with Crippen LogP contribution in [0.4, 0.5) is 20.6 Å². The summed E-state index contributed by atoms with van der Waals surface area (Å²) in [6.07, 6.45) is 1.49. The first-order valence-corrected chi connectivity index (χ1v) is 17.9. The molecular formula is C33H43FN4O7S2. The molecule has 0 fully saturated rings. The Hall–Kier alpha value is -3.72. The van der Waals surface area contributed by atoms with Crippen LogP contribution in [0.5, 0.6) is 5.75 Å². The SMILES string of the molecule is C[C@H]1CCCCO[C@H](CN(C)C(=O)Nc2ccc(F)cc2)[C@@H](C)CN([C@@H](C)CO)C(=O)c2cc(NS(=O)(=O)c3cccs3)ccc2O1. The van der Waals surface area contributed by atoms with E-state index in [0.717, 1.165) is 24.2 Å². The molecular weight excluding hydrogens is 648 g/mol. The molecule has 47 heavy (non-hydrogen) atoms. The van der Waals surface area contributed by atoms with E-state index in [0.29, 0.717) is 24.5 Å². The molecule has 0 bridgehead atoms. The highest BCUT2D eigenvalue weighted by molar-refractivity contribution is 7.94. The van der Waals surface area contributed by atoms with Crippen molar-refractivity contribution in [2.45, 2.75) is 62.5 Å². The molecule has 0 aliphatic carbocycles. The highest BCUT2D eigenvalue weighted by Crippen LogP contribution is 2.30. The summed E-state index contributed by atoms with van der Waals surface area (Å²) in [5.41, 5.74) is 0.799. The van der Waals surface area contributed by atoms with Crippen LogP contribution in [0.1, 0.15) is 50.4 Å². The monoisotopic (exact) mass is 690 g/mol. The second kappa shape index (κ2) is 16.4. The summed E-state index contributed by atoms with van der Waals surface area (Å²) in [6, 6.07) is 12.2. The van der Waals surface area contributed by atoms with E-state index < -0.39 is 39.9 Å². The van der Waals surface area contributed by atoms with Gasteiger partial charge in [-0.2, -0.15) is 0 Å². The van der Waals surface area contributed by atoms with Crippen LogP contribution in [-0.4, -0.2) is 86.9 Å². The number of nitrogens with zero attached hydrogens (tertiary/aromatic N) is 2. The van der Waals surface area contributed by atoms with Gasteiger partial charge < -0.3 is 29.7 Å². The van der Waals surface area contributed by atoms with E-state index in [1.807, 2.05) is 13.8 Å². The molecule has 2 aromatic carbocycles. The topological polar surface area (TPSA) is 138 Å². The Labute approximate surface area is 279 Å². The van der Waals surface area contributed by atoms with Gasteiger partial charge in [-0.15, -0.1) is 11.3 Å². The molecule has 3 amide bonds. The first-order valence-electron chi connectivity index (χ1n) is 15.6. The van der Waals surface area contributed by atoms with Crippen molar-refractivity contribution >= 4 is 44.7 Å². The fraction of sp³-hybridized carbons (Fsp3) is 0.455. The lowest BCUT2D eigenvalue weighted by atomic mass is 10.0. The number of amides is 3. The van der Waals surface area contributed by atoms with Crippen molar-refractivity contribution in [1.82, 2.24) is 9.80 Å². The summed E-state index contributed by atoms with van der Waals surface area (Å²) >= 11 is 1.08. The van der Waals surface area contributed by atoms with Gasteiger partial charge in [-0.3, -0.25) is 9.52 Å². The van der Waals surface area contributed by atoms with Crippen molar-refractivity contribution in [2.75, 3.05) is 43.4 Å². The molecule has 0 unspecified atom stereocenters. The van der Waals surface area contributed by atoms with Crippen LogP contribution >= 0.6 is 11.3 Å². The van der Waals surface area contributed by atoms with Gasteiger partial charge in [0.2, 0.25) is 0 Å². The van der Waals surface area contributed by atoms with Crippen LogP contribution in [0.25, 0.3) is 0 Å². The summed E-state index contributed by atoms with van der Waals surface area (Å²) in [7, 11) is -2.24. The zero-order valence-corrected chi connectivity index (χ0v) is 28.7. The third-order valence-corrected chi connectivity index (χ3v) is 10.7. The number of nitrogens with one attached hydrogen (secondary N) is 2. The number of fused-ring (bicyclic) bond motifs is 1. The number of rotatable bonds is 8. The minimum Gasteiger partial charge on any atom is -0.490 e. The number of ether oxygens (including phenoxy) is 2. The number of hydrogen-bond donors (Lipinski definition) is 3. The highest BCUT2D eigenvalue weighted by atomic mass is 32.2. The number of sulfonamides is 1. The Kier molecular flexibility index (Phi) is 12.6. The van der Waals surface area contributed by atoms with E-state index in [2.05, 4.69) is 10.0 Å². The number of anilines is 2. The van der Waals surface area contributed by atoms with Gasteiger partial charge in [0.15, 0.2) is 0 Å². The van der Waals surface area contributed by atoms with Crippen molar-refractivity contribution in [3.63, 3.8) is 0 Å². The molecule has 4 atom stereocenters. The Bertz CT molecular complexity index is 1590. The largest absolute Gasteiger partial charge is 0.490 e. The van der Waals surface area contributed by atoms with Gasteiger partial charge in [0.1, 0.15) is 15.8 Å². The van der Waals surface area contributed by atoms with Gasteiger partial charge in [0, 0.05) is 44.0 Å². The summed E-state index contributed by atoms with van der Waals surface area (Å²) in [5, 5.41) is 14.6. The average molecular weight is 691 g/mol. The zero-order chi connectivity index (χ0) is 34.1. The van der Waals surface area contributed by atoms with Crippen molar-refractivity contribution in [3.8, 4) is 5.75 Å². The predicted octanol–water partition coefficient (Wildman–Crippen LogP) is 5.65. The molecule has 1 aliphatic rings. The van der Waals surface area contributed by atoms with Crippen LogP contribution in [0.15, 0.2) is 64.2 Å². The van der Waals surface area contributed by atoms with E-state index in [4.69, 9.17) is 9.47 Å². The number of hydrogen-bond acceptors (Lipinski definition) is 8. The highest BCUT2D eigenvalue weighted by Gasteiger charge is 2.31. The summed E-state index contributed by atoms with van der Waals surface area (Å²) < 4.78 is 54.5. The molecule has 256 valence electrons. The Morgan fingerprint density at radius 3 is 2.55 bits per heavy atom. The van der Waals surface area contributed by atoms with Crippen molar-refractivity contribution in [1.29, 1.82) is 0 Å². The normalized spacial score (nSPS) is 20.3. The van der Waals surface area contributed by atoms with Gasteiger partial charge in [-0.25, -0.2) is 17.6 Å². The van der Waals surface area contributed by atoms with Crippen molar-refractivity contribution in [3.05, 3.63) is 71.4 Å². The first-order chi connectivity index (χ1) is 22.4. The number of likely N-dealkylation sites (N-methyl/N-ethyl adjacent to an activating group) is 1. The van der Waals surface area contributed by atoms with Crippen LogP contribution in [0, 0.1) is 11.7 Å². The molecule has 0 spiro atoms. The molecule has 4 rings (SSSR count). The van der Waals surface area contributed by atoms with E-state index in [9.17, 15) is 27.5 Å². The number of benzene rings is 2. The third kappa shape index (κ3) is 9.89. The van der Waals surface area contributed by atoms with Gasteiger partial charge in [-0.1, -0.05) is 13.0 Å². The minimum atomic E-state index is -3.87. The number of halogens is 1. The van der Waals surface area contributed by atoms with Gasteiger partial charge >= 0.3 is 6.03 Å². The van der Waals surface area contributed by atoms with Gasteiger partial charge in [0.25, 0.3) is 15.9 Å². The smallest absolute Gasteiger partial charge is 0.321 e. The number of carbonyl (C=O) groups excluding carboxylic acids is 2. The van der Waals surface area contributed by atoms with Gasteiger partial charge in [-0.05, 0) is 87.0 Å². The van der Waals surface area contributed by atoms with E-state index in [1.165, 1.54) is 46.2 Å². The average Bonchev–Trinajstić information content (AvgIpc) is 3.60. The number of aliphatic hydroxyl groups excluding tert-OH is 1. The summed E-state index contributed by atoms with van der Waals surface area (Å²) in [6.45, 7) is 6.02. The third-order valence-electron chi connectivity index (χ3n) is 7.96. The molecule has 0 saturated carbocycles. The standard InChI is InChI=1S/C33H43FN4O7S2/c1-22-19-38(23(2)21-39)32(40)28-18-27(36-47(42,43)31-9-7-17-46-31)14-15-29(28)45-24(3)8-5-6-16-44-30(22)20-37(4)33(41)35-26-12-10-25(34)11-13-26/h7,9-15,17-18,22-24,30,36,39H,5-6,8,16,19-21H2,1-4H3,(H,35,41)/t22-,23-,24-,30+/m0/s1. The van der Waals surface area contributed by atoms with E-state index in [1.54, 1.807) is 37.6 Å². The molecule has 0 radical (unpaired) electrons. The van der Waals surface area contributed by atoms with Crippen molar-refractivity contribution in [2.24, 2.45) is 5.92 Å². The molecule has 11 nitrogen and oxygen atoms in total. The Morgan fingerprint density at radius 1 is 1.15 bits per heavy atom. The maximum absolute atomic E-state index is 14.3. The van der Waals surface area contributed by atoms with Crippen LogP contribution in [-0.2, 0) is 14.8 Å². The van der Waals surface area contributed by atoms with Crippen LogP contribution in [0.3, 0.4) is 0 Å². The molecule has 3 aromatic rings. The second-order valence-corrected chi connectivity index (χ2v) is 14.7. The fourth-order valence-electron chi connectivity index (χ4n) is 5.18. The maximum atomic E-state index is 14.3. The minimum absolute atomic E-state index is 0.139. The molecule has 2 heterocycles. The number of aliphatic hydroxyl groups is 1.